The highest BCUT2D eigenvalue weighted by Gasteiger charge is 2.16. The molecule has 0 aliphatic heterocycles. The maximum atomic E-state index is 12.6. The van der Waals surface area contributed by atoms with Crippen molar-refractivity contribution >= 4 is 23.8 Å². The standard InChI is InChI=1S/C21H20N4O3.C4H4O4/c1-28-19-7-6-17(20(26)24-13-15-4-2-8-22-11-15)10-18(19)21(27)25-14-16-5-3-9-23-12-16;5-3(6)1-2-4(7)8/h2-12H,13-14H2,1H3,(H,24,26)(H,25,27);1-2H,(H,5,6)(H,7,8)/b;2-1-. The van der Waals surface area contributed by atoms with Crippen molar-refractivity contribution in [3.63, 3.8) is 0 Å². The van der Waals surface area contributed by atoms with Crippen LogP contribution in [0.1, 0.15) is 31.8 Å². The minimum atomic E-state index is -1.26. The lowest BCUT2D eigenvalue weighted by atomic mass is 10.1. The number of rotatable bonds is 9. The summed E-state index contributed by atoms with van der Waals surface area (Å²) in [7, 11) is 1.48. The third-order valence-corrected chi connectivity index (χ3v) is 4.43. The quantitative estimate of drug-likeness (QED) is 0.327. The number of aliphatic carboxylic acids is 2. The Morgan fingerprint density at radius 3 is 1.81 bits per heavy atom. The van der Waals surface area contributed by atoms with Crippen molar-refractivity contribution in [1.29, 1.82) is 0 Å². The van der Waals surface area contributed by atoms with Gasteiger partial charge in [-0.1, -0.05) is 12.1 Å². The minimum Gasteiger partial charge on any atom is -0.496 e. The van der Waals surface area contributed by atoms with Gasteiger partial charge in [0.05, 0.1) is 12.7 Å². The highest BCUT2D eigenvalue weighted by atomic mass is 16.5. The maximum Gasteiger partial charge on any atom is 0.328 e. The van der Waals surface area contributed by atoms with E-state index in [0.717, 1.165) is 11.1 Å². The lowest BCUT2D eigenvalue weighted by Gasteiger charge is -2.12. The predicted molar refractivity (Wildman–Crippen MR) is 128 cm³/mol. The van der Waals surface area contributed by atoms with Crippen LogP contribution in [0, 0.1) is 0 Å². The van der Waals surface area contributed by atoms with Crippen LogP contribution < -0.4 is 15.4 Å². The second kappa shape index (κ2) is 14.3. The Bertz CT molecular complexity index is 1200. The zero-order chi connectivity index (χ0) is 26.3. The van der Waals surface area contributed by atoms with Crippen LogP contribution in [0.15, 0.2) is 79.4 Å². The highest BCUT2D eigenvalue weighted by Crippen LogP contribution is 2.20. The molecule has 11 heteroatoms. The number of benzene rings is 1. The SMILES string of the molecule is COc1ccc(C(=O)NCc2cccnc2)cc1C(=O)NCc1cccnc1.O=C(O)/C=C\C(=O)O. The summed E-state index contributed by atoms with van der Waals surface area (Å²) in [6.07, 6.45) is 7.82. The topological polar surface area (TPSA) is 168 Å². The fraction of sp³-hybridized carbons (Fsp3) is 0.120. The van der Waals surface area contributed by atoms with Crippen LogP contribution in [0.4, 0.5) is 0 Å². The Kier molecular flexibility index (Phi) is 10.8. The number of hydrogen-bond donors (Lipinski definition) is 4. The molecule has 0 atom stereocenters. The van der Waals surface area contributed by atoms with Gasteiger partial charge in [-0.2, -0.15) is 0 Å². The molecule has 1 aromatic carbocycles. The van der Waals surface area contributed by atoms with Crippen molar-refractivity contribution in [1.82, 2.24) is 20.6 Å². The molecule has 2 heterocycles. The largest absolute Gasteiger partial charge is 0.496 e. The van der Waals surface area contributed by atoms with Gasteiger partial charge in [0.25, 0.3) is 11.8 Å². The first kappa shape index (κ1) is 27.2. The third kappa shape index (κ3) is 9.43. The van der Waals surface area contributed by atoms with Gasteiger partial charge >= 0.3 is 11.9 Å². The number of carbonyl (C=O) groups is 4. The number of carbonyl (C=O) groups excluding carboxylic acids is 2. The molecule has 2 amide bonds. The van der Waals surface area contributed by atoms with Crippen LogP contribution in [0.3, 0.4) is 0 Å². The average molecular weight is 492 g/mol. The Labute approximate surface area is 206 Å². The van der Waals surface area contributed by atoms with E-state index < -0.39 is 11.9 Å². The highest BCUT2D eigenvalue weighted by molar-refractivity contribution is 6.01. The van der Waals surface area contributed by atoms with E-state index >= 15 is 0 Å². The van der Waals surface area contributed by atoms with E-state index in [1.165, 1.54) is 13.2 Å². The van der Waals surface area contributed by atoms with E-state index in [9.17, 15) is 19.2 Å². The molecule has 0 saturated heterocycles. The lowest BCUT2D eigenvalue weighted by molar-refractivity contribution is -0.134. The number of nitrogens with zero attached hydrogens (tertiary/aromatic N) is 2. The molecule has 36 heavy (non-hydrogen) atoms. The van der Waals surface area contributed by atoms with Gasteiger partial charge in [-0.15, -0.1) is 0 Å². The molecule has 0 unspecified atom stereocenters. The number of amides is 2. The molecule has 11 nitrogen and oxygen atoms in total. The normalized spacial score (nSPS) is 10.0. The second-order valence-corrected chi connectivity index (χ2v) is 7.01. The molecule has 0 radical (unpaired) electrons. The molecule has 186 valence electrons. The first-order chi connectivity index (χ1) is 17.3. The van der Waals surface area contributed by atoms with Crippen LogP contribution in [-0.2, 0) is 22.7 Å². The van der Waals surface area contributed by atoms with Crippen molar-refractivity contribution in [2.45, 2.75) is 13.1 Å². The Morgan fingerprint density at radius 2 is 1.36 bits per heavy atom. The van der Waals surface area contributed by atoms with Gasteiger partial charge in [-0.3, -0.25) is 19.6 Å². The fourth-order valence-corrected chi connectivity index (χ4v) is 2.74. The minimum absolute atomic E-state index is 0.284. The fourth-order valence-electron chi connectivity index (χ4n) is 2.74. The van der Waals surface area contributed by atoms with Crippen molar-refractivity contribution in [2.75, 3.05) is 7.11 Å². The maximum absolute atomic E-state index is 12.6. The summed E-state index contributed by atoms with van der Waals surface area (Å²) in [5.41, 5.74) is 2.43. The molecule has 0 saturated carbocycles. The Morgan fingerprint density at radius 1 is 0.833 bits per heavy atom. The molecule has 0 bridgehead atoms. The zero-order valence-electron chi connectivity index (χ0n) is 19.2. The van der Waals surface area contributed by atoms with Crippen LogP contribution in [-0.4, -0.2) is 51.0 Å². The van der Waals surface area contributed by atoms with Crippen LogP contribution in [0.5, 0.6) is 5.75 Å². The van der Waals surface area contributed by atoms with E-state index in [1.54, 1.807) is 49.1 Å². The predicted octanol–water partition coefficient (Wildman–Crippen LogP) is 2.06. The molecule has 0 spiro atoms. The molecule has 0 fully saturated rings. The second-order valence-electron chi connectivity index (χ2n) is 7.01. The van der Waals surface area contributed by atoms with Crippen molar-refractivity contribution in [3.8, 4) is 5.75 Å². The van der Waals surface area contributed by atoms with Gasteiger partial charge in [0.2, 0.25) is 0 Å². The summed E-state index contributed by atoms with van der Waals surface area (Å²) in [6, 6.07) is 12.1. The van der Waals surface area contributed by atoms with E-state index in [2.05, 4.69) is 20.6 Å². The molecular weight excluding hydrogens is 468 g/mol. The smallest absolute Gasteiger partial charge is 0.328 e. The third-order valence-electron chi connectivity index (χ3n) is 4.43. The molecule has 4 N–H and O–H groups in total. The molecule has 0 aliphatic carbocycles. The monoisotopic (exact) mass is 492 g/mol. The van der Waals surface area contributed by atoms with Crippen LogP contribution in [0.25, 0.3) is 0 Å². The van der Waals surface area contributed by atoms with Gasteiger partial charge in [-0.25, -0.2) is 9.59 Å². The summed E-state index contributed by atoms with van der Waals surface area (Å²) in [6.45, 7) is 0.675. The van der Waals surface area contributed by atoms with Crippen LogP contribution in [0.2, 0.25) is 0 Å². The van der Waals surface area contributed by atoms with Gasteiger partial charge in [0.1, 0.15) is 5.75 Å². The van der Waals surface area contributed by atoms with Gasteiger partial charge in [0, 0.05) is 55.6 Å². The Hall–Kier alpha value is -5.06. The summed E-state index contributed by atoms with van der Waals surface area (Å²) in [5, 5.41) is 21.3. The first-order valence-corrected chi connectivity index (χ1v) is 10.5. The van der Waals surface area contributed by atoms with E-state index in [1.807, 2.05) is 12.1 Å². The van der Waals surface area contributed by atoms with Gasteiger partial charge < -0.3 is 25.6 Å². The Balaban J connectivity index is 0.000000493. The van der Waals surface area contributed by atoms with E-state index in [-0.39, 0.29) is 11.8 Å². The molecule has 2 aromatic heterocycles. The molecule has 0 aliphatic rings. The summed E-state index contributed by atoms with van der Waals surface area (Å²) < 4.78 is 5.27. The number of carboxylic acid groups (broad SMARTS) is 2. The molecular formula is C25H24N4O7. The van der Waals surface area contributed by atoms with Crippen molar-refractivity contribution in [3.05, 3.63) is 102 Å². The number of methoxy groups -OCH3 is 1. The summed E-state index contributed by atoms with van der Waals surface area (Å²) in [4.78, 5) is 52.2. The summed E-state index contributed by atoms with van der Waals surface area (Å²) in [5.74, 6) is -2.73. The van der Waals surface area contributed by atoms with E-state index in [4.69, 9.17) is 14.9 Å². The van der Waals surface area contributed by atoms with Crippen molar-refractivity contribution in [2.24, 2.45) is 0 Å². The lowest BCUT2D eigenvalue weighted by Crippen LogP contribution is -2.26. The number of carboxylic acids is 2. The number of pyridine rings is 2. The zero-order valence-corrected chi connectivity index (χ0v) is 19.2. The molecule has 3 aromatic rings. The van der Waals surface area contributed by atoms with Crippen molar-refractivity contribution < 1.29 is 34.1 Å². The average Bonchev–Trinajstić information content (AvgIpc) is 2.90. The number of nitrogens with one attached hydrogen (secondary N) is 2. The van der Waals surface area contributed by atoms with Crippen LogP contribution >= 0.6 is 0 Å². The number of hydrogen-bond acceptors (Lipinski definition) is 7. The number of ether oxygens (including phenoxy) is 1. The summed E-state index contributed by atoms with van der Waals surface area (Å²) >= 11 is 0. The molecule has 3 rings (SSSR count). The van der Waals surface area contributed by atoms with Gasteiger partial charge in [-0.05, 0) is 41.5 Å². The van der Waals surface area contributed by atoms with Gasteiger partial charge in [0.15, 0.2) is 0 Å². The number of aromatic nitrogens is 2. The first-order valence-electron chi connectivity index (χ1n) is 10.5. The van der Waals surface area contributed by atoms with E-state index in [0.29, 0.717) is 42.1 Å².